The zero-order chi connectivity index (χ0) is 18.4. The van der Waals surface area contributed by atoms with Crippen LogP contribution in [-0.2, 0) is 4.74 Å². The standard InChI is InChI=1S/C17H24ClFN4O2/c1-17(2,3)25-16(24)23-10-5-6-11(23)15(19)12(7-10)22(4)14-9-20-13(18)8-21-14/h8-12,15H,5-7H2,1-4H3/t10-,11+,12-,15+/m0/s1. The van der Waals surface area contributed by atoms with Crippen molar-refractivity contribution in [2.75, 3.05) is 11.9 Å². The van der Waals surface area contributed by atoms with Crippen LogP contribution in [0.4, 0.5) is 15.0 Å². The number of amides is 1. The zero-order valence-electron chi connectivity index (χ0n) is 14.9. The molecule has 2 aliphatic rings. The van der Waals surface area contributed by atoms with Crippen LogP contribution >= 0.6 is 11.6 Å². The van der Waals surface area contributed by atoms with E-state index in [2.05, 4.69) is 9.97 Å². The summed E-state index contributed by atoms with van der Waals surface area (Å²) in [5.41, 5.74) is -0.588. The molecule has 1 amide bonds. The first-order chi connectivity index (χ1) is 11.7. The van der Waals surface area contributed by atoms with Crippen LogP contribution in [0.25, 0.3) is 0 Å². The van der Waals surface area contributed by atoms with Crippen molar-refractivity contribution in [1.29, 1.82) is 0 Å². The van der Waals surface area contributed by atoms with Crippen molar-refractivity contribution in [3.8, 4) is 0 Å². The van der Waals surface area contributed by atoms with E-state index >= 15 is 4.39 Å². The summed E-state index contributed by atoms with van der Waals surface area (Å²) in [6.45, 7) is 5.46. The highest BCUT2D eigenvalue weighted by Gasteiger charge is 2.52. The maximum absolute atomic E-state index is 15.2. The number of halogens is 2. The average Bonchev–Trinajstić information content (AvgIpc) is 2.87. The van der Waals surface area contributed by atoms with E-state index in [9.17, 15) is 4.79 Å². The predicted octanol–water partition coefficient (Wildman–Crippen LogP) is 3.44. The van der Waals surface area contributed by atoms with Gasteiger partial charge in [0.25, 0.3) is 0 Å². The Kier molecular flexibility index (Phi) is 4.79. The molecular formula is C17H24ClFN4O2. The van der Waals surface area contributed by atoms with E-state index in [0.717, 1.165) is 6.42 Å². The summed E-state index contributed by atoms with van der Waals surface area (Å²) < 4.78 is 20.7. The molecule has 138 valence electrons. The maximum atomic E-state index is 15.2. The Balaban J connectivity index is 1.76. The summed E-state index contributed by atoms with van der Waals surface area (Å²) >= 11 is 5.77. The SMILES string of the molecule is CN(c1cnc(Cl)cn1)[C@H]1C[C@@H]2CC[C@H]([C@H]1F)N2C(=O)OC(C)(C)C. The van der Waals surface area contributed by atoms with Crippen molar-refractivity contribution < 1.29 is 13.9 Å². The molecule has 1 aromatic heterocycles. The molecule has 8 heteroatoms. The highest BCUT2D eigenvalue weighted by molar-refractivity contribution is 6.29. The lowest BCUT2D eigenvalue weighted by molar-refractivity contribution is -0.0103. The summed E-state index contributed by atoms with van der Waals surface area (Å²) in [5.74, 6) is 0.571. The Bertz CT molecular complexity index is 637. The summed E-state index contributed by atoms with van der Waals surface area (Å²) in [4.78, 5) is 24.1. The molecule has 2 aliphatic heterocycles. The molecule has 25 heavy (non-hydrogen) atoms. The molecule has 1 aromatic rings. The fraction of sp³-hybridized carbons (Fsp3) is 0.706. The molecule has 0 aromatic carbocycles. The monoisotopic (exact) mass is 370 g/mol. The maximum Gasteiger partial charge on any atom is 0.410 e. The van der Waals surface area contributed by atoms with Crippen molar-refractivity contribution in [3.05, 3.63) is 17.5 Å². The first-order valence-electron chi connectivity index (χ1n) is 8.53. The molecule has 6 nitrogen and oxygen atoms in total. The highest BCUT2D eigenvalue weighted by atomic mass is 35.5. The summed E-state index contributed by atoms with van der Waals surface area (Å²) in [5, 5.41) is 0.300. The van der Waals surface area contributed by atoms with Crippen LogP contribution in [0, 0.1) is 0 Å². The van der Waals surface area contributed by atoms with Crippen LogP contribution in [0.2, 0.25) is 5.15 Å². The number of carbonyl (C=O) groups is 1. The van der Waals surface area contributed by atoms with Crippen molar-refractivity contribution in [3.63, 3.8) is 0 Å². The molecule has 3 rings (SSSR count). The van der Waals surface area contributed by atoms with Gasteiger partial charge in [0.15, 0.2) is 0 Å². The van der Waals surface area contributed by atoms with Crippen molar-refractivity contribution in [2.45, 2.75) is 69.9 Å². The third kappa shape index (κ3) is 3.66. The summed E-state index contributed by atoms with van der Waals surface area (Å²) in [6.07, 6.45) is 3.38. The van der Waals surface area contributed by atoms with Crippen LogP contribution in [0.15, 0.2) is 12.4 Å². The predicted molar refractivity (Wildman–Crippen MR) is 93.6 cm³/mol. The van der Waals surface area contributed by atoms with Gasteiger partial charge in [0.05, 0.1) is 24.5 Å². The number of nitrogens with zero attached hydrogens (tertiary/aromatic N) is 4. The number of rotatable bonds is 2. The van der Waals surface area contributed by atoms with Gasteiger partial charge in [-0.1, -0.05) is 11.6 Å². The largest absolute Gasteiger partial charge is 0.444 e. The third-order valence-electron chi connectivity index (χ3n) is 4.86. The molecule has 0 N–H and O–H groups in total. The number of aromatic nitrogens is 2. The second kappa shape index (κ2) is 6.59. The number of carbonyl (C=O) groups excluding carboxylic acids is 1. The minimum Gasteiger partial charge on any atom is -0.444 e. The van der Waals surface area contributed by atoms with Crippen LogP contribution in [0.1, 0.15) is 40.0 Å². The van der Waals surface area contributed by atoms with Crippen molar-refractivity contribution >= 4 is 23.5 Å². The highest BCUT2D eigenvalue weighted by Crippen LogP contribution is 2.40. The number of hydrogen-bond acceptors (Lipinski definition) is 5. The Morgan fingerprint density at radius 2 is 2.08 bits per heavy atom. The Morgan fingerprint density at radius 1 is 1.36 bits per heavy atom. The average molecular weight is 371 g/mol. The first kappa shape index (κ1) is 18.2. The van der Waals surface area contributed by atoms with Crippen LogP contribution < -0.4 is 4.90 Å². The van der Waals surface area contributed by atoms with Crippen LogP contribution in [-0.4, -0.2) is 57.9 Å². The van der Waals surface area contributed by atoms with E-state index in [1.54, 1.807) is 16.8 Å². The van der Waals surface area contributed by atoms with Gasteiger partial charge in [0.2, 0.25) is 0 Å². The van der Waals surface area contributed by atoms with E-state index in [-0.39, 0.29) is 12.1 Å². The number of hydrogen-bond donors (Lipinski definition) is 0. The number of ether oxygens (including phenoxy) is 1. The van der Waals surface area contributed by atoms with Gasteiger partial charge < -0.3 is 9.64 Å². The van der Waals surface area contributed by atoms with E-state index in [1.807, 2.05) is 20.8 Å². The molecule has 0 saturated carbocycles. The lowest BCUT2D eigenvalue weighted by Gasteiger charge is -2.44. The molecule has 2 bridgehead atoms. The number of fused-ring (bicyclic) bond motifs is 2. The zero-order valence-corrected chi connectivity index (χ0v) is 15.7. The molecule has 2 fully saturated rings. The lowest BCUT2D eigenvalue weighted by Crippen LogP contribution is -2.59. The molecule has 0 aliphatic carbocycles. The molecule has 4 atom stereocenters. The first-order valence-corrected chi connectivity index (χ1v) is 8.91. The number of piperidine rings is 1. The van der Waals surface area contributed by atoms with Gasteiger partial charge in [0.1, 0.15) is 22.7 Å². The molecular weight excluding hydrogens is 347 g/mol. The Hall–Kier alpha value is -1.63. The normalized spacial score (nSPS) is 28.8. The topological polar surface area (TPSA) is 58.6 Å². The Labute approximate surface area is 152 Å². The van der Waals surface area contributed by atoms with Gasteiger partial charge in [0, 0.05) is 13.1 Å². The molecule has 0 spiro atoms. The summed E-state index contributed by atoms with van der Waals surface area (Å²) in [6, 6.07) is -0.826. The van der Waals surface area contributed by atoms with Crippen LogP contribution in [0.5, 0.6) is 0 Å². The molecule has 3 heterocycles. The minimum absolute atomic E-state index is 0.0143. The minimum atomic E-state index is -1.17. The summed E-state index contributed by atoms with van der Waals surface area (Å²) in [7, 11) is 1.80. The second-order valence-electron chi connectivity index (χ2n) is 7.74. The quantitative estimate of drug-likeness (QED) is 0.798. The van der Waals surface area contributed by atoms with E-state index in [0.29, 0.717) is 23.8 Å². The smallest absolute Gasteiger partial charge is 0.410 e. The van der Waals surface area contributed by atoms with Gasteiger partial charge in [-0.2, -0.15) is 0 Å². The third-order valence-corrected chi connectivity index (χ3v) is 5.06. The number of anilines is 1. The van der Waals surface area contributed by atoms with Crippen molar-refractivity contribution in [1.82, 2.24) is 14.9 Å². The van der Waals surface area contributed by atoms with E-state index < -0.39 is 23.9 Å². The molecule has 2 saturated heterocycles. The van der Waals surface area contributed by atoms with Crippen molar-refractivity contribution in [2.24, 2.45) is 0 Å². The molecule has 0 unspecified atom stereocenters. The van der Waals surface area contributed by atoms with Gasteiger partial charge in [-0.3, -0.25) is 4.90 Å². The lowest BCUT2D eigenvalue weighted by atomic mass is 9.94. The Morgan fingerprint density at radius 3 is 2.68 bits per heavy atom. The van der Waals surface area contributed by atoms with Gasteiger partial charge in [-0.25, -0.2) is 19.2 Å². The van der Waals surface area contributed by atoms with Crippen LogP contribution in [0.3, 0.4) is 0 Å². The van der Waals surface area contributed by atoms with E-state index in [1.165, 1.54) is 12.4 Å². The van der Waals surface area contributed by atoms with E-state index in [4.69, 9.17) is 16.3 Å². The van der Waals surface area contributed by atoms with Gasteiger partial charge in [-0.15, -0.1) is 0 Å². The fourth-order valence-electron chi connectivity index (χ4n) is 3.75. The number of alkyl halides is 1. The van der Waals surface area contributed by atoms with Gasteiger partial charge in [-0.05, 0) is 40.0 Å². The van der Waals surface area contributed by atoms with Gasteiger partial charge >= 0.3 is 6.09 Å². The second-order valence-corrected chi connectivity index (χ2v) is 8.13. The fourth-order valence-corrected chi connectivity index (χ4v) is 3.85. The molecule has 0 radical (unpaired) electrons.